The topological polar surface area (TPSA) is 38.0 Å². The first kappa shape index (κ1) is 14.0. The fraction of sp³-hybridized carbons (Fsp3) is 0.500. The average Bonchev–Trinajstić information content (AvgIpc) is 2.27. The Labute approximate surface area is 99.0 Å². The Balaban J connectivity index is 2.80. The molecule has 0 amide bonds. The molecule has 2 atom stereocenters. The largest absolute Gasteiger partial charge is 0.416 e. The van der Waals surface area contributed by atoms with Gasteiger partial charge in [0, 0.05) is 12.6 Å². The summed E-state index contributed by atoms with van der Waals surface area (Å²) in [6, 6.07) is 5.05. The minimum absolute atomic E-state index is 0.0183. The smallest absolute Gasteiger partial charge is 0.326 e. The molecule has 0 aliphatic rings. The standard InChI is InChI=1S/C12H17F3N2/c1-8(11(16)7-17-2)9-3-5-10(6-4-9)12(13,14)15/h3-6,8,11,17H,7,16H2,1-2H3. The molecule has 3 N–H and O–H groups in total. The number of benzene rings is 1. The van der Waals surface area contributed by atoms with Crippen molar-refractivity contribution in [2.24, 2.45) is 5.73 Å². The highest BCUT2D eigenvalue weighted by atomic mass is 19.4. The van der Waals surface area contributed by atoms with Crippen molar-refractivity contribution in [1.29, 1.82) is 0 Å². The Kier molecular flexibility index (Phi) is 4.54. The summed E-state index contributed by atoms with van der Waals surface area (Å²) in [5.41, 5.74) is 6.09. The zero-order valence-electron chi connectivity index (χ0n) is 9.88. The van der Waals surface area contributed by atoms with E-state index in [4.69, 9.17) is 5.73 Å². The van der Waals surface area contributed by atoms with Gasteiger partial charge in [-0.15, -0.1) is 0 Å². The molecule has 0 saturated heterocycles. The molecule has 2 nitrogen and oxygen atoms in total. The van der Waals surface area contributed by atoms with Crippen molar-refractivity contribution in [3.63, 3.8) is 0 Å². The van der Waals surface area contributed by atoms with Gasteiger partial charge in [0.2, 0.25) is 0 Å². The normalized spacial score (nSPS) is 15.6. The van der Waals surface area contributed by atoms with Gasteiger partial charge in [-0.2, -0.15) is 13.2 Å². The van der Waals surface area contributed by atoms with Gasteiger partial charge in [0.05, 0.1) is 5.56 Å². The molecule has 0 spiro atoms. The maximum Gasteiger partial charge on any atom is 0.416 e. The molecule has 17 heavy (non-hydrogen) atoms. The molecular formula is C12H17F3N2. The first-order valence-electron chi connectivity index (χ1n) is 5.43. The summed E-state index contributed by atoms with van der Waals surface area (Å²) in [4.78, 5) is 0. The van der Waals surface area contributed by atoms with E-state index in [0.717, 1.165) is 17.7 Å². The molecule has 0 fully saturated rings. The van der Waals surface area contributed by atoms with Gasteiger partial charge >= 0.3 is 6.18 Å². The van der Waals surface area contributed by atoms with Crippen molar-refractivity contribution < 1.29 is 13.2 Å². The van der Waals surface area contributed by atoms with Gasteiger partial charge in [-0.1, -0.05) is 19.1 Å². The van der Waals surface area contributed by atoms with Crippen LogP contribution >= 0.6 is 0 Å². The van der Waals surface area contributed by atoms with Crippen LogP contribution in [0.3, 0.4) is 0 Å². The average molecular weight is 246 g/mol. The molecule has 2 unspecified atom stereocenters. The molecule has 1 aromatic carbocycles. The van der Waals surface area contributed by atoms with Gasteiger partial charge in [0.1, 0.15) is 0 Å². The molecule has 1 aromatic rings. The number of rotatable bonds is 4. The van der Waals surface area contributed by atoms with Crippen LogP contribution in [-0.4, -0.2) is 19.6 Å². The summed E-state index contributed by atoms with van der Waals surface area (Å²) in [6.45, 7) is 2.53. The van der Waals surface area contributed by atoms with Crippen molar-refractivity contribution in [1.82, 2.24) is 5.32 Å². The van der Waals surface area contributed by atoms with Crippen molar-refractivity contribution in [3.05, 3.63) is 35.4 Å². The lowest BCUT2D eigenvalue weighted by molar-refractivity contribution is -0.137. The van der Waals surface area contributed by atoms with Crippen LogP contribution in [0.1, 0.15) is 24.0 Å². The van der Waals surface area contributed by atoms with Crippen molar-refractivity contribution in [2.75, 3.05) is 13.6 Å². The molecule has 0 heterocycles. The summed E-state index contributed by atoms with van der Waals surface area (Å²) >= 11 is 0. The molecule has 0 radical (unpaired) electrons. The van der Waals surface area contributed by atoms with E-state index < -0.39 is 11.7 Å². The van der Waals surface area contributed by atoms with E-state index in [9.17, 15) is 13.2 Å². The van der Waals surface area contributed by atoms with Crippen LogP contribution < -0.4 is 11.1 Å². The Morgan fingerprint density at radius 1 is 1.24 bits per heavy atom. The lowest BCUT2D eigenvalue weighted by Gasteiger charge is -2.20. The van der Waals surface area contributed by atoms with Crippen LogP contribution in [-0.2, 0) is 6.18 Å². The number of likely N-dealkylation sites (N-methyl/N-ethyl adjacent to an activating group) is 1. The van der Waals surface area contributed by atoms with E-state index in [1.165, 1.54) is 12.1 Å². The van der Waals surface area contributed by atoms with E-state index in [2.05, 4.69) is 5.32 Å². The predicted octanol–water partition coefficient (Wildman–Crippen LogP) is 2.36. The van der Waals surface area contributed by atoms with Crippen LogP contribution in [0.4, 0.5) is 13.2 Å². The van der Waals surface area contributed by atoms with Crippen LogP contribution in [0.25, 0.3) is 0 Å². The van der Waals surface area contributed by atoms with E-state index in [1.54, 1.807) is 7.05 Å². The molecule has 1 rings (SSSR count). The van der Waals surface area contributed by atoms with Crippen molar-refractivity contribution in [3.8, 4) is 0 Å². The zero-order chi connectivity index (χ0) is 13.1. The number of hydrogen-bond donors (Lipinski definition) is 2. The second kappa shape index (κ2) is 5.51. The number of alkyl halides is 3. The van der Waals surface area contributed by atoms with Gasteiger partial charge in [0.25, 0.3) is 0 Å². The Morgan fingerprint density at radius 2 is 1.76 bits per heavy atom. The quantitative estimate of drug-likeness (QED) is 0.855. The maximum atomic E-state index is 12.4. The molecule has 96 valence electrons. The summed E-state index contributed by atoms with van der Waals surface area (Å²) in [5.74, 6) is 0.0183. The monoisotopic (exact) mass is 246 g/mol. The molecule has 0 aliphatic heterocycles. The summed E-state index contributed by atoms with van der Waals surface area (Å²) < 4.78 is 37.1. The number of hydrogen-bond acceptors (Lipinski definition) is 2. The highest BCUT2D eigenvalue weighted by Gasteiger charge is 2.30. The second-order valence-electron chi connectivity index (χ2n) is 4.13. The Morgan fingerprint density at radius 3 is 2.18 bits per heavy atom. The molecule has 0 aliphatic carbocycles. The number of nitrogens with two attached hydrogens (primary N) is 1. The van der Waals surface area contributed by atoms with Crippen molar-refractivity contribution >= 4 is 0 Å². The van der Waals surface area contributed by atoms with E-state index in [1.807, 2.05) is 6.92 Å². The van der Waals surface area contributed by atoms with E-state index in [-0.39, 0.29) is 12.0 Å². The molecule has 0 aromatic heterocycles. The lowest BCUT2D eigenvalue weighted by Crippen LogP contribution is -2.36. The fourth-order valence-electron chi connectivity index (χ4n) is 1.64. The fourth-order valence-corrected chi connectivity index (χ4v) is 1.64. The molecular weight excluding hydrogens is 229 g/mol. The zero-order valence-corrected chi connectivity index (χ0v) is 9.88. The summed E-state index contributed by atoms with van der Waals surface area (Å²) in [7, 11) is 1.79. The van der Waals surface area contributed by atoms with Gasteiger partial charge in [-0.05, 0) is 30.7 Å². The SMILES string of the molecule is CNCC(N)C(C)c1ccc(C(F)(F)F)cc1. The van der Waals surface area contributed by atoms with Crippen LogP contribution in [0.15, 0.2) is 24.3 Å². The van der Waals surface area contributed by atoms with Gasteiger partial charge in [0.15, 0.2) is 0 Å². The van der Waals surface area contributed by atoms with Crippen molar-refractivity contribution in [2.45, 2.75) is 25.1 Å². The number of halogens is 3. The lowest BCUT2D eigenvalue weighted by atomic mass is 9.93. The molecule has 0 bridgehead atoms. The Bertz CT molecular complexity index is 346. The summed E-state index contributed by atoms with van der Waals surface area (Å²) in [5, 5.41) is 2.95. The van der Waals surface area contributed by atoms with Gasteiger partial charge < -0.3 is 11.1 Å². The first-order chi connectivity index (χ1) is 7.86. The summed E-state index contributed by atoms with van der Waals surface area (Å²) in [6.07, 6.45) is -4.28. The molecule has 5 heteroatoms. The maximum absolute atomic E-state index is 12.4. The van der Waals surface area contributed by atoms with Crippen LogP contribution in [0.2, 0.25) is 0 Å². The van der Waals surface area contributed by atoms with Gasteiger partial charge in [-0.25, -0.2) is 0 Å². The Hall–Kier alpha value is -1.07. The van der Waals surface area contributed by atoms with Crippen LogP contribution in [0, 0.1) is 0 Å². The molecule has 0 saturated carbocycles. The van der Waals surface area contributed by atoms with E-state index >= 15 is 0 Å². The predicted molar refractivity (Wildman–Crippen MR) is 61.8 cm³/mol. The van der Waals surface area contributed by atoms with Gasteiger partial charge in [-0.3, -0.25) is 0 Å². The third kappa shape index (κ3) is 3.71. The minimum atomic E-state index is -4.28. The minimum Gasteiger partial charge on any atom is -0.326 e. The first-order valence-corrected chi connectivity index (χ1v) is 5.43. The van der Waals surface area contributed by atoms with E-state index in [0.29, 0.717) is 6.54 Å². The second-order valence-corrected chi connectivity index (χ2v) is 4.13. The third-order valence-electron chi connectivity index (χ3n) is 2.85. The van der Waals surface area contributed by atoms with Crippen LogP contribution in [0.5, 0.6) is 0 Å². The third-order valence-corrected chi connectivity index (χ3v) is 2.85. The number of nitrogens with one attached hydrogen (secondary N) is 1. The highest BCUT2D eigenvalue weighted by Crippen LogP contribution is 2.30. The highest BCUT2D eigenvalue weighted by molar-refractivity contribution is 5.27.